The van der Waals surface area contributed by atoms with E-state index in [0.29, 0.717) is 6.54 Å². The molecule has 2 aromatic rings. The molecule has 0 spiro atoms. The molecule has 20 heavy (non-hydrogen) atoms. The summed E-state index contributed by atoms with van der Waals surface area (Å²) >= 11 is 3.28. The van der Waals surface area contributed by atoms with Crippen molar-refractivity contribution in [2.45, 2.75) is 26.1 Å². The van der Waals surface area contributed by atoms with Crippen molar-refractivity contribution in [3.63, 3.8) is 0 Å². The zero-order valence-corrected chi connectivity index (χ0v) is 12.6. The minimum Gasteiger partial charge on any atom is -0.350 e. The van der Waals surface area contributed by atoms with Crippen molar-refractivity contribution in [1.29, 1.82) is 0 Å². The number of aromatic nitrogens is 3. The highest BCUT2D eigenvalue weighted by Crippen LogP contribution is 2.04. The fraction of sp³-hybridized carbons (Fsp3) is 0.308. The molecule has 0 radical (unpaired) electrons. The number of imidazole rings is 1. The van der Waals surface area contributed by atoms with Gasteiger partial charge in [-0.1, -0.05) is 0 Å². The summed E-state index contributed by atoms with van der Waals surface area (Å²) in [5.74, 6) is -0.196. The number of amides is 1. The molecule has 2 aromatic heterocycles. The third-order valence-corrected chi connectivity index (χ3v) is 3.18. The zero-order valence-electron chi connectivity index (χ0n) is 11.0. The summed E-state index contributed by atoms with van der Waals surface area (Å²) in [5.41, 5.74) is -0.203. The van der Waals surface area contributed by atoms with E-state index in [2.05, 4.69) is 26.2 Å². The van der Waals surface area contributed by atoms with Gasteiger partial charge in [0.2, 0.25) is 5.91 Å². The zero-order chi connectivity index (χ0) is 14.5. The van der Waals surface area contributed by atoms with Crippen LogP contribution in [0.1, 0.15) is 6.92 Å². The van der Waals surface area contributed by atoms with E-state index in [-0.39, 0.29) is 24.1 Å². The summed E-state index contributed by atoms with van der Waals surface area (Å²) in [6.45, 7) is 2.55. The number of nitrogens with one attached hydrogen (secondary N) is 1. The van der Waals surface area contributed by atoms with Crippen LogP contribution >= 0.6 is 15.9 Å². The molecular weight excluding hydrogens is 324 g/mol. The standard InChI is InChI=1S/C13H15BrN4O2/c1-10(6-17-5-4-15-9-17)16-12(19)8-18-7-11(14)2-3-13(18)20/h2-5,7,9-10H,6,8H2,1H3,(H,16,19). The van der Waals surface area contributed by atoms with E-state index in [9.17, 15) is 9.59 Å². The summed E-state index contributed by atoms with van der Waals surface area (Å²) in [5, 5.41) is 2.85. The van der Waals surface area contributed by atoms with Crippen LogP contribution in [-0.2, 0) is 17.9 Å². The van der Waals surface area contributed by atoms with E-state index >= 15 is 0 Å². The summed E-state index contributed by atoms with van der Waals surface area (Å²) in [6.07, 6.45) is 6.82. The Kier molecular flexibility index (Phi) is 4.73. The van der Waals surface area contributed by atoms with Gasteiger partial charge in [-0.25, -0.2) is 4.98 Å². The Balaban J connectivity index is 1.92. The van der Waals surface area contributed by atoms with Crippen molar-refractivity contribution in [2.24, 2.45) is 0 Å². The molecule has 0 aliphatic heterocycles. The van der Waals surface area contributed by atoms with Crippen LogP contribution in [0.3, 0.4) is 0 Å². The number of carbonyl (C=O) groups excluding carboxylic acids is 1. The smallest absolute Gasteiger partial charge is 0.251 e. The summed E-state index contributed by atoms with van der Waals surface area (Å²) in [7, 11) is 0. The van der Waals surface area contributed by atoms with E-state index in [4.69, 9.17) is 0 Å². The second-order valence-electron chi connectivity index (χ2n) is 4.54. The fourth-order valence-corrected chi connectivity index (χ4v) is 2.24. The second-order valence-corrected chi connectivity index (χ2v) is 5.46. The Bertz CT molecular complexity index is 636. The van der Waals surface area contributed by atoms with E-state index in [1.54, 1.807) is 24.8 Å². The molecule has 1 unspecified atom stereocenters. The van der Waals surface area contributed by atoms with Gasteiger partial charge in [-0.3, -0.25) is 9.59 Å². The first-order valence-electron chi connectivity index (χ1n) is 6.15. The van der Waals surface area contributed by atoms with Gasteiger partial charge in [0.1, 0.15) is 6.54 Å². The number of pyridine rings is 1. The summed E-state index contributed by atoms with van der Waals surface area (Å²) in [4.78, 5) is 27.4. The van der Waals surface area contributed by atoms with Crippen LogP contribution < -0.4 is 10.9 Å². The Morgan fingerprint density at radius 3 is 3.00 bits per heavy atom. The maximum Gasteiger partial charge on any atom is 0.251 e. The van der Waals surface area contributed by atoms with Crippen molar-refractivity contribution in [3.05, 3.63) is 51.9 Å². The molecule has 2 rings (SSSR count). The quantitative estimate of drug-likeness (QED) is 0.884. The molecule has 0 aliphatic rings. The monoisotopic (exact) mass is 338 g/mol. The maximum atomic E-state index is 11.9. The Morgan fingerprint density at radius 1 is 1.50 bits per heavy atom. The number of nitrogens with zero attached hydrogens (tertiary/aromatic N) is 3. The van der Waals surface area contributed by atoms with Gasteiger partial charge in [0.15, 0.2) is 0 Å². The van der Waals surface area contributed by atoms with Crippen LogP contribution in [0.5, 0.6) is 0 Å². The van der Waals surface area contributed by atoms with E-state index in [1.807, 2.05) is 17.7 Å². The third-order valence-electron chi connectivity index (χ3n) is 2.71. The lowest BCUT2D eigenvalue weighted by molar-refractivity contribution is -0.122. The molecule has 7 heteroatoms. The van der Waals surface area contributed by atoms with Crippen LogP contribution in [0.15, 0.2) is 46.3 Å². The van der Waals surface area contributed by atoms with E-state index in [1.165, 1.54) is 10.6 Å². The topological polar surface area (TPSA) is 68.9 Å². The first-order valence-corrected chi connectivity index (χ1v) is 6.95. The highest BCUT2D eigenvalue weighted by molar-refractivity contribution is 9.10. The Hall–Kier alpha value is -1.89. The highest BCUT2D eigenvalue weighted by atomic mass is 79.9. The van der Waals surface area contributed by atoms with Crippen molar-refractivity contribution in [3.8, 4) is 0 Å². The number of halogens is 1. The summed E-state index contributed by atoms with van der Waals surface area (Å²) in [6, 6.07) is 3.03. The molecule has 1 amide bonds. The molecule has 0 bridgehead atoms. The van der Waals surface area contributed by atoms with Gasteiger partial charge < -0.3 is 14.5 Å². The molecule has 1 N–H and O–H groups in total. The molecule has 2 heterocycles. The van der Waals surface area contributed by atoms with Crippen molar-refractivity contribution < 1.29 is 4.79 Å². The number of hydrogen-bond donors (Lipinski definition) is 1. The molecule has 0 aliphatic carbocycles. The predicted octanol–water partition coefficient (Wildman–Crippen LogP) is 1.01. The van der Waals surface area contributed by atoms with Crippen molar-refractivity contribution in [1.82, 2.24) is 19.4 Å². The van der Waals surface area contributed by atoms with Gasteiger partial charge in [-0.05, 0) is 28.9 Å². The lowest BCUT2D eigenvalue weighted by Gasteiger charge is -2.15. The van der Waals surface area contributed by atoms with Gasteiger partial charge in [0.25, 0.3) is 5.56 Å². The largest absolute Gasteiger partial charge is 0.350 e. The first-order chi connectivity index (χ1) is 9.54. The van der Waals surface area contributed by atoms with Gasteiger partial charge >= 0.3 is 0 Å². The van der Waals surface area contributed by atoms with Crippen molar-refractivity contribution >= 4 is 21.8 Å². The molecule has 6 nitrogen and oxygen atoms in total. The Labute approximate surface area is 124 Å². The molecule has 1 atom stereocenters. The van der Waals surface area contributed by atoms with Crippen LogP contribution in [0, 0.1) is 0 Å². The van der Waals surface area contributed by atoms with E-state index in [0.717, 1.165) is 4.47 Å². The highest BCUT2D eigenvalue weighted by Gasteiger charge is 2.09. The predicted molar refractivity (Wildman–Crippen MR) is 78.2 cm³/mol. The lowest BCUT2D eigenvalue weighted by Crippen LogP contribution is -2.39. The minimum absolute atomic E-state index is 0.00649. The Morgan fingerprint density at radius 2 is 2.30 bits per heavy atom. The average Bonchev–Trinajstić information content (AvgIpc) is 2.86. The minimum atomic E-state index is -0.203. The maximum absolute atomic E-state index is 11.9. The van der Waals surface area contributed by atoms with Gasteiger partial charge in [0.05, 0.1) is 6.33 Å². The molecule has 106 valence electrons. The molecule has 0 fully saturated rings. The SMILES string of the molecule is CC(Cn1ccnc1)NC(=O)Cn1cc(Br)ccc1=O. The first kappa shape index (κ1) is 14.5. The second kappa shape index (κ2) is 6.51. The number of carbonyl (C=O) groups is 1. The molecular formula is C13H15BrN4O2. The molecule has 0 saturated heterocycles. The lowest BCUT2D eigenvalue weighted by atomic mass is 10.3. The number of rotatable bonds is 5. The average molecular weight is 339 g/mol. The van der Waals surface area contributed by atoms with E-state index < -0.39 is 0 Å². The van der Waals surface area contributed by atoms with Crippen LogP contribution in [0.25, 0.3) is 0 Å². The summed E-state index contributed by atoms with van der Waals surface area (Å²) < 4.78 is 4.01. The van der Waals surface area contributed by atoms with Crippen molar-refractivity contribution in [2.75, 3.05) is 0 Å². The molecule has 0 aromatic carbocycles. The van der Waals surface area contributed by atoms with Gasteiger partial charge in [0, 0.05) is 41.7 Å². The van der Waals surface area contributed by atoms with Crippen LogP contribution in [0.2, 0.25) is 0 Å². The van der Waals surface area contributed by atoms with Gasteiger partial charge in [-0.2, -0.15) is 0 Å². The van der Waals surface area contributed by atoms with Gasteiger partial charge in [-0.15, -0.1) is 0 Å². The normalized spacial score (nSPS) is 12.1. The molecule has 0 saturated carbocycles. The number of hydrogen-bond acceptors (Lipinski definition) is 3. The fourth-order valence-electron chi connectivity index (χ4n) is 1.86. The van der Waals surface area contributed by atoms with Crippen LogP contribution in [-0.4, -0.2) is 26.1 Å². The third kappa shape index (κ3) is 4.06. The van der Waals surface area contributed by atoms with Crippen LogP contribution in [0.4, 0.5) is 0 Å².